The lowest BCUT2D eigenvalue weighted by atomic mass is 10.2. The molecule has 24 heavy (non-hydrogen) atoms. The van der Waals surface area contributed by atoms with Crippen LogP contribution in [0.25, 0.3) is 0 Å². The van der Waals surface area contributed by atoms with E-state index >= 15 is 0 Å². The number of carbonyl (C=O) groups is 2. The molecule has 1 aromatic carbocycles. The molecule has 0 aliphatic carbocycles. The minimum Gasteiger partial charge on any atom is -0.350 e. The number of benzene rings is 1. The fraction of sp³-hybridized carbons (Fsp3) is 0.467. The second-order valence-electron chi connectivity index (χ2n) is 5.52. The summed E-state index contributed by atoms with van der Waals surface area (Å²) in [6, 6.07) is 6.15. The normalized spacial score (nSPS) is 11.6. The summed E-state index contributed by atoms with van der Waals surface area (Å²) in [6.07, 6.45) is 0. The van der Waals surface area contributed by atoms with E-state index in [2.05, 4.69) is 10.6 Å². The zero-order chi connectivity index (χ0) is 18.3. The third kappa shape index (κ3) is 5.59. The minimum absolute atomic E-state index is 0.141. The second kappa shape index (κ2) is 8.76. The van der Waals surface area contributed by atoms with Crippen molar-refractivity contribution in [1.82, 2.24) is 14.9 Å². The lowest BCUT2D eigenvalue weighted by Gasteiger charge is -2.21. The van der Waals surface area contributed by atoms with E-state index in [1.165, 1.54) is 23.5 Å². The number of nitrogens with one attached hydrogen (secondary N) is 2. The van der Waals surface area contributed by atoms with Crippen LogP contribution >= 0.6 is 0 Å². The van der Waals surface area contributed by atoms with Crippen LogP contribution in [0.5, 0.6) is 0 Å². The third-order valence-electron chi connectivity index (χ3n) is 3.45. The van der Waals surface area contributed by atoms with Gasteiger partial charge in [-0.15, -0.1) is 0 Å². The molecule has 1 rings (SSSR count). The van der Waals surface area contributed by atoms with Gasteiger partial charge in [0.25, 0.3) is 0 Å². The molecule has 0 aliphatic rings. The number of hydrogen-bond donors (Lipinski definition) is 3. The van der Waals surface area contributed by atoms with Crippen molar-refractivity contribution in [3.63, 3.8) is 0 Å². The van der Waals surface area contributed by atoms with Gasteiger partial charge in [0.15, 0.2) is 0 Å². The van der Waals surface area contributed by atoms with Gasteiger partial charge in [-0.3, -0.25) is 9.59 Å². The molecule has 0 saturated carbocycles. The van der Waals surface area contributed by atoms with Crippen molar-refractivity contribution in [2.45, 2.75) is 31.3 Å². The second-order valence-corrected chi connectivity index (χ2v) is 7.51. The average molecular weight is 356 g/mol. The van der Waals surface area contributed by atoms with E-state index in [9.17, 15) is 18.0 Å². The monoisotopic (exact) mass is 356 g/mol. The molecule has 0 aromatic heterocycles. The summed E-state index contributed by atoms with van der Waals surface area (Å²) in [4.78, 5) is 22.7. The molecular weight excluding hydrogens is 332 g/mol. The number of hydrogen-bond acceptors (Lipinski definition) is 5. The number of rotatable bonds is 8. The standard InChI is InChI=1S/C15H24N4O4S/c1-11(2)19(3)24(22,23)13-6-4-12(5-7-13)9-17-15(21)10-18-14(20)8-16/h4-7,11H,8-10,16H2,1-3H3,(H,17,21)(H,18,20). The number of nitrogens with zero attached hydrogens (tertiary/aromatic N) is 1. The van der Waals surface area contributed by atoms with Crippen molar-refractivity contribution in [3.8, 4) is 0 Å². The van der Waals surface area contributed by atoms with Crippen LogP contribution in [0.15, 0.2) is 29.2 Å². The highest BCUT2D eigenvalue weighted by molar-refractivity contribution is 7.89. The van der Waals surface area contributed by atoms with E-state index in [0.29, 0.717) is 0 Å². The van der Waals surface area contributed by atoms with Gasteiger partial charge in [0, 0.05) is 19.6 Å². The van der Waals surface area contributed by atoms with Gasteiger partial charge in [-0.25, -0.2) is 8.42 Å². The summed E-state index contributed by atoms with van der Waals surface area (Å²) in [5.74, 6) is -0.762. The highest BCUT2D eigenvalue weighted by atomic mass is 32.2. The van der Waals surface area contributed by atoms with Gasteiger partial charge in [-0.2, -0.15) is 4.31 Å². The summed E-state index contributed by atoms with van der Waals surface area (Å²) in [6.45, 7) is 3.50. The summed E-state index contributed by atoms with van der Waals surface area (Å²) < 4.78 is 26.0. The van der Waals surface area contributed by atoms with Crippen molar-refractivity contribution in [3.05, 3.63) is 29.8 Å². The van der Waals surface area contributed by atoms with Crippen molar-refractivity contribution < 1.29 is 18.0 Å². The molecule has 0 spiro atoms. The third-order valence-corrected chi connectivity index (χ3v) is 5.50. The van der Waals surface area contributed by atoms with Gasteiger partial charge < -0.3 is 16.4 Å². The number of sulfonamides is 1. The van der Waals surface area contributed by atoms with Gasteiger partial charge in [-0.1, -0.05) is 12.1 Å². The Morgan fingerprint density at radius 3 is 2.21 bits per heavy atom. The fourth-order valence-electron chi connectivity index (χ4n) is 1.74. The van der Waals surface area contributed by atoms with Crippen LogP contribution in [0.2, 0.25) is 0 Å². The van der Waals surface area contributed by atoms with Gasteiger partial charge in [0.2, 0.25) is 21.8 Å². The molecule has 0 atom stereocenters. The summed E-state index contributed by atoms with van der Waals surface area (Å²) in [5.41, 5.74) is 5.87. The van der Waals surface area contributed by atoms with E-state index in [4.69, 9.17) is 5.73 Å². The number of carbonyl (C=O) groups excluding carboxylic acids is 2. The Morgan fingerprint density at radius 2 is 1.71 bits per heavy atom. The summed E-state index contributed by atoms with van der Waals surface area (Å²) in [5, 5.41) is 4.98. The quantitative estimate of drug-likeness (QED) is 0.574. The van der Waals surface area contributed by atoms with E-state index in [0.717, 1.165) is 5.56 Å². The molecule has 0 aliphatic heterocycles. The molecule has 0 fully saturated rings. The Kier molecular flexibility index (Phi) is 7.33. The Hall–Kier alpha value is -1.97. The van der Waals surface area contributed by atoms with Gasteiger partial charge in [0.05, 0.1) is 18.0 Å². The van der Waals surface area contributed by atoms with Gasteiger partial charge in [0.1, 0.15) is 0 Å². The molecule has 0 heterocycles. The highest BCUT2D eigenvalue weighted by Gasteiger charge is 2.22. The van der Waals surface area contributed by atoms with Gasteiger partial charge in [-0.05, 0) is 31.5 Å². The molecule has 9 heteroatoms. The van der Waals surface area contributed by atoms with Crippen molar-refractivity contribution >= 4 is 21.8 Å². The molecule has 0 radical (unpaired) electrons. The van der Waals surface area contributed by atoms with Crippen molar-refractivity contribution in [2.75, 3.05) is 20.1 Å². The molecule has 0 saturated heterocycles. The van der Waals surface area contributed by atoms with Crippen LogP contribution in [-0.2, 0) is 26.2 Å². The molecule has 1 aromatic rings. The molecule has 134 valence electrons. The Labute approximate surface area is 142 Å². The van der Waals surface area contributed by atoms with Crippen LogP contribution < -0.4 is 16.4 Å². The molecular formula is C15H24N4O4S. The van der Waals surface area contributed by atoms with Crippen LogP contribution in [0.1, 0.15) is 19.4 Å². The first-order valence-electron chi connectivity index (χ1n) is 7.49. The van der Waals surface area contributed by atoms with E-state index in [-0.39, 0.29) is 36.5 Å². The molecule has 4 N–H and O–H groups in total. The van der Waals surface area contributed by atoms with Crippen molar-refractivity contribution in [2.24, 2.45) is 5.73 Å². The Balaban J connectivity index is 2.62. The first-order chi connectivity index (χ1) is 11.2. The number of nitrogens with two attached hydrogens (primary N) is 1. The lowest BCUT2D eigenvalue weighted by Crippen LogP contribution is -2.39. The maximum Gasteiger partial charge on any atom is 0.243 e. The smallest absolute Gasteiger partial charge is 0.243 e. The average Bonchev–Trinajstić information content (AvgIpc) is 2.57. The maximum atomic E-state index is 12.3. The van der Waals surface area contributed by atoms with Crippen LogP contribution in [0, 0.1) is 0 Å². The van der Waals surface area contributed by atoms with Crippen LogP contribution in [-0.4, -0.2) is 50.7 Å². The zero-order valence-corrected chi connectivity index (χ0v) is 14.9. The summed E-state index contributed by atoms with van der Waals surface area (Å²) in [7, 11) is -1.99. The molecule has 2 amide bonds. The predicted octanol–water partition coefficient (Wildman–Crippen LogP) is -0.593. The zero-order valence-electron chi connectivity index (χ0n) is 14.1. The molecule has 0 unspecified atom stereocenters. The van der Waals surface area contributed by atoms with Crippen LogP contribution in [0.3, 0.4) is 0 Å². The Bertz CT molecular complexity index is 671. The summed E-state index contributed by atoms with van der Waals surface area (Å²) >= 11 is 0. The van der Waals surface area contributed by atoms with E-state index in [1.54, 1.807) is 26.0 Å². The fourth-order valence-corrected chi connectivity index (χ4v) is 3.10. The van der Waals surface area contributed by atoms with E-state index < -0.39 is 15.9 Å². The van der Waals surface area contributed by atoms with Crippen LogP contribution in [0.4, 0.5) is 0 Å². The Morgan fingerprint density at radius 1 is 1.12 bits per heavy atom. The SMILES string of the molecule is CC(C)N(C)S(=O)(=O)c1ccc(CNC(=O)CNC(=O)CN)cc1. The van der Waals surface area contributed by atoms with Crippen molar-refractivity contribution in [1.29, 1.82) is 0 Å². The predicted molar refractivity (Wildman–Crippen MR) is 90.4 cm³/mol. The highest BCUT2D eigenvalue weighted by Crippen LogP contribution is 2.17. The molecule has 0 bridgehead atoms. The maximum absolute atomic E-state index is 12.3. The molecule has 8 nitrogen and oxygen atoms in total. The largest absolute Gasteiger partial charge is 0.350 e. The first kappa shape index (κ1) is 20.1. The van der Waals surface area contributed by atoms with Gasteiger partial charge >= 0.3 is 0 Å². The first-order valence-corrected chi connectivity index (χ1v) is 8.93. The lowest BCUT2D eigenvalue weighted by molar-refractivity contribution is -0.125. The number of amides is 2. The topological polar surface area (TPSA) is 122 Å². The minimum atomic E-state index is -3.52. The van der Waals surface area contributed by atoms with E-state index in [1.807, 2.05) is 0 Å².